The second-order valence-electron chi connectivity index (χ2n) is 7.06. The van der Waals surface area contributed by atoms with Gasteiger partial charge in [-0.25, -0.2) is 4.79 Å². The Hall–Kier alpha value is -2.41. The molecular formula is C20H28N2O5. The maximum absolute atomic E-state index is 13.1. The molecule has 0 aliphatic carbocycles. The zero-order valence-electron chi connectivity index (χ0n) is 16.3. The van der Waals surface area contributed by atoms with Gasteiger partial charge in [-0.15, -0.1) is 0 Å². The smallest absolute Gasteiger partial charge is 0.332 e. The number of hydrogen-bond acceptors (Lipinski definition) is 6. The average molecular weight is 376 g/mol. The van der Waals surface area contributed by atoms with Crippen molar-refractivity contribution in [2.45, 2.75) is 57.7 Å². The van der Waals surface area contributed by atoms with Gasteiger partial charge in [0.05, 0.1) is 7.11 Å². The molecular weight excluding hydrogens is 348 g/mol. The van der Waals surface area contributed by atoms with E-state index < -0.39 is 29.6 Å². The molecule has 0 radical (unpaired) electrons. The zero-order valence-corrected chi connectivity index (χ0v) is 16.3. The minimum absolute atomic E-state index is 0.296. The van der Waals surface area contributed by atoms with Gasteiger partial charge in [-0.05, 0) is 45.2 Å². The van der Waals surface area contributed by atoms with Crippen molar-refractivity contribution in [2.24, 2.45) is 0 Å². The Morgan fingerprint density at radius 3 is 2.44 bits per heavy atom. The van der Waals surface area contributed by atoms with Crippen LogP contribution in [0, 0.1) is 6.92 Å². The standard InChI is InChI=1S/C20H28N2O5/c1-13-6-8-16(9-7-13)12-20(10-5-11-21-20)19(25)22-17(18(24)26-4)14(2)27-15(3)23/h6-9,14,17,21H,5,10-12H2,1-4H3,(H,22,25)/t14-,17+,20?/m1/s1. The van der Waals surface area contributed by atoms with Gasteiger partial charge >= 0.3 is 11.9 Å². The fourth-order valence-corrected chi connectivity index (χ4v) is 3.39. The predicted molar refractivity (Wildman–Crippen MR) is 100 cm³/mol. The topological polar surface area (TPSA) is 93.7 Å². The van der Waals surface area contributed by atoms with Gasteiger partial charge in [0, 0.05) is 6.92 Å². The Morgan fingerprint density at radius 2 is 1.93 bits per heavy atom. The molecule has 3 atom stereocenters. The molecule has 0 spiro atoms. The molecule has 2 rings (SSSR count). The Labute approximate surface area is 159 Å². The quantitative estimate of drug-likeness (QED) is 0.696. The van der Waals surface area contributed by atoms with E-state index >= 15 is 0 Å². The van der Waals surface area contributed by atoms with Crippen LogP contribution in [-0.2, 0) is 30.3 Å². The lowest BCUT2D eigenvalue weighted by Crippen LogP contribution is -2.60. The van der Waals surface area contributed by atoms with Gasteiger partial charge in [0.15, 0.2) is 6.04 Å². The lowest BCUT2D eigenvalue weighted by Gasteiger charge is -2.31. The summed E-state index contributed by atoms with van der Waals surface area (Å²) in [4.78, 5) is 36.5. The van der Waals surface area contributed by atoms with Gasteiger partial charge in [0.2, 0.25) is 5.91 Å². The molecule has 1 aromatic rings. The summed E-state index contributed by atoms with van der Waals surface area (Å²) < 4.78 is 9.87. The number of nitrogens with one attached hydrogen (secondary N) is 2. The molecule has 0 aromatic heterocycles. The lowest BCUT2D eigenvalue weighted by molar-refractivity contribution is -0.156. The summed E-state index contributed by atoms with van der Waals surface area (Å²) in [6, 6.07) is 6.96. The van der Waals surface area contributed by atoms with Crippen molar-refractivity contribution in [2.75, 3.05) is 13.7 Å². The number of rotatable bonds is 7. The summed E-state index contributed by atoms with van der Waals surface area (Å²) in [7, 11) is 1.23. The van der Waals surface area contributed by atoms with Crippen LogP contribution in [0.3, 0.4) is 0 Å². The van der Waals surface area contributed by atoms with Crippen LogP contribution < -0.4 is 10.6 Å². The minimum atomic E-state index is -1.07. The molecule has 1 saturated heterocycles. The maximum Gasteiger partial charge on any atom is 0.332 e. The third-order valence-corrected chi connectivity index (χ3v) is 4.87. The first-order valence-electron chi connectivity index (χ1n) is 9.14. The van der Waals surface area contributed by atoms with Crippen molar-refractivity contribution in [3.8, 4) is 0 Å². The van der Waals surface area contributed by atoms with Gasteiger partial charge < -0.3 is 20.1 Å². The predicted octanol–water partition coefficient (Wildman–Crippen LogP) is 1.27. The van der Waals surface area contributed by atoms with Crippen molar-refractivity contribution in [3.05, 3.63) is 35.4 Å². The fourth-order valence-electron chi connectivity index (χ4n) is 3.39. The lowest BCUT2D eigenvalue weighted by atomic mass is 9.87. The van der Waals surface area contributed by atoms with E-state index in [4.69, 9.17) is 9.47 Å². The third-order valence-electron chi connectivity index (χ3n) is 4.87. The molecule has 1 aliphatic rings. The number of benzene rings is 1. The van der Waals surface area contributed by atoms with Crippen molar-refractivity contribution in [1.29, 1.82) is 0 Å². The zero-order chi connectivity index (χ0) is 20.0. The number of carbonyl (C=O) groups is 3. The van der Waals surface area contributed by atoms with E-state index in [1.807, 2.05) is 31.2 Å². The van der Waals surface area contributed by atoms with Crippen LogP contribution in [0.1, 0.15) is 37.8 Å². The first-order chi connectivity index (χ1) is 12.8. The highest BCUT2D eigenvalue weighted by Gasteiger charge is 2.43. The Balaban J connectivity index is 2.19. The SMILES string of the molecule is COC(=O)[C@@H](NC(=O)C1(Cc2ccc(C)cc2)CCCN1)[C@@H](C)OC(C)=O. The molecule has 27 heavy (non-hydrogen) atoms. The number of carbonyl (C=O) groups excluding carboxylic acids is 3. The van der Waals surface area contributed by atoms with E-state index in [9.17, 15) is 14.4 Å². The third kappa shape index (κ3) is 5.29. The number of ether oxygens (including phenoxy) is 2. The van der Waals surface area contributed by atoms with Gasteiger partial charge in [-0.2, -0.15) is 0 Å². The first-order valence-corrected chi connectivity index (χ1v) is 9.14. The number of hydrogen-bond donors (Lipinski definition) is 2. The van der Waals surface area contributed by atoms with Gasteiger partial charge in [0.25, 0.3) is 0 Å². The molecule has 1 unspecified atom stereocenters. The second kappa shape index (κ2) is 8.99. The molecule has 148 valence electrons. The molecule has 1 amide bonds. The Bertz CT molecular complexity index is 680. The van der Waals surface area contributed by atoms with Crippen molar-refractivity contribution >= 4 is 17.8 Å². The summed E-state index contributed by atoms with van der Waals surface area (Å²) in [5.74, 6) is -1.48. The van der Waals surface area contributed by atoms with Gasteiger partial charge in [-0.1, -0.05) is 29.8 Å². The van der Waals surface area contributed by atoms with Crippen LogP contribution in [0.25, 0.3) is 0 Å². The summed E-state index contributed by atoms with van der Waals surface area (Å²) in [6.07, 6.45) is 1.19. The molecule has 0 bridgehead atoms. The van der Waals surface area contributed by atoms with Gasteiger partial charge in [0.1, 0.15) is 11.6 Å². The van der Waals surface area contributed by atoms with E-state index in [0.717, 1.165) is 24.1 Å². The van der Waals surface area contributed by atoms with Crippen LogP contribution in [0.5, 0.6) is 0 Å². The molecule has 1 aliphatic heterocycles. The molecule has 7 heteroatoms. The highest BCUT2D eigenvalue weighted by molar-refractivity contribution is 5.91. The van der Waals surface area contributed by atoms with Crippen LogP contribution in [0.15, 0.2) is 24.3 Å². The van der Waals surface area contributed by atoms with Crippen LogP contribution in [0.2, 0.25) is 0 Å². The van der Waals surface area contributed by atoms with Crippen LogP contribution >= 0.6 is 0 Å². The summed E-state index contributed by atoms with van der Waals surface area (Å²) in [5, 5.41) is 6.04. The van der Waals surface area contributed by atoms with E-state index in [-0.39, 0.29) is 5.91 Å². The molecule has 0 saturated carbocycles. The first kappa shape index (κ1) is 20.9. The molecule has 1 aromatic carbocycles. The molecule has 1 fully saturated rings. The van der Waals surface area contributed by atoms with E-state index in [1.165, 1.54) is 14.0 Å². The highest BCUT2D eigenvalue weighted by Crippen LogP contribution is 2.25. The summed E-state index contributed by atoms with van der Waals surface area (Å²) in [6.45, 7) is 5.54. The fraction of sp³-hybridized carbons (Fsp3) is 0.550. The normalized spacial score (nSPS) is 21.2. The van der Waals surface area contributed by atoms with Gasteiger partial charge in [-0.3, -0.25) is 9.59 Å². The van der Waals surface area contributed by atoms with Crippen LogP contribution in [0.4, 0.5) is 0 Å². The Morgan fingerprint density at radius 1 is 1.26 bits per heavy atom. The highest BCUT2D eigenvalue weighted by atomic mass is 16.6. The van der Waals surface area contributed by atoms with E-state index in [2.05, 4.69) is 10.6 Å². The monoisotopic (exact) mass is 376 g/mol. The average Bonchev–Trinajstić information content (AvgIpc) is 3.10. The van der Waals surface area contributed by atoms with Crippen LogP contribution in [-0.4, -0.2) is 49.2 Å². The number of amides is 1. The van der Waals surface area contributed by atoms with Crippen molar-refractivity contribution in [3.63, 3.8) is 0 Å². The molecule has 2 N–H and O–H groups in total. The second-order valence-corrected chi connectivity index (χ2v) is 7.06. The van der Waals surface area contributed by atoms with E-state index in [0.29, 0.717) is 12.8 Å². The number of esters is 2. The molecule has 1 heterocycles. The summed E-state index contributed by atoms with van der Waals surface area (Å²) >= 11 is 0. The molecule has 7 nitrogen and oxygen atoms in total. The van der Waals surface area contributed by atoms with Crippen molar-refractivity contribution < 1.29 is 23.9 Å². The van der Waals surface area contributed by atoms with Crippen molar-refractivity contribution in [1.82, 2.24) is 10.6 Å². The van der Waals surface area contributed by atoms with E-state index in [1.54, 1.807) is 6.92 Å². The maximum atomic E-state index is 13.1. The number of methoxy groups -OCH3 is 1. The summed E-state index contributed by atoms with van der Waals surface area (Å²) in [5.41, 5.74) is 1.38. The number of aryl methyl sites for hydroxylation is 1. The largest absolute Gasteiger partial charge is 0.467 e. The minimum Gasteiger partial charge on any atom is -0.467 e. The Kier molecular flexibility index (Phi) is 6.96.